The van der Waals surface area contributed by atoms with Crippen LogP contribution in [0.3, 0.4) is 0 Å². The summed E-state index contributed by atoms with van der Waals surface area (Å²) in [7, 11) is -1.95. The molecular weight excluding hydrogens is 372 g/mol. The lowest BCUT2D eigenvalue weighted by Crippen LogP contribution is -2.29. The minimum Gasteiger partial charge on any atom is -0.497 e. The van der Waals surface area contributed by atoms with Crippen LogP contribution in [0, 0.1) is 0 Å². The third-order valence-electron chi connectivity index (χ3n) is 4.75. The molecule has 1 aliphatic heterocycles. The molecule has 3 aromatic rings. The number of hydrogen-bond acceptors (Lipinski definition) is 4. The van der Waals surface area contributed by atoms with Gasteiger partial charge in [-0.05, 0) is 72.1 Å². The Morgan fingerprint density at radius 3 is 2.39 bits per heavy atom. The highest BCUT2D eigenvalue weighted by Gasteiger charge is 2.30. The highest BCUT2D eigenvalue weighted by Crippen LogP contribution is 2.33. The van der Waals surface area contributed by atoms with Crippen molar-refractivity contribution < 1.29 is 13.2 Å². The van der Waals surface area contributed by atoms with Crippen LogP contribution in [0.25, 0.3) is 0 Å². The number of sulfonamides is 1. The second-order valence-electron chi connectivity index (χ2n) is 6.48. The number of aliphatic imine (C=N–C) groups is 1. The number of rotatable bonds is 5. The Hall–Kier alpha value is -3.12. The molecule has 0 radical (unpaired) electrons. The molecule has 28 heavy (non-hydrogen) atoms. The van der Waals surface area contributed by atoms with Crippen molar-refractivity contribution in [1.29, 1.82) is 0 Å². The Morgan fingerprint density at radius 2 is 1.68 bits per heavy atom. The van der Waals surface area contributed by atoms with Gasteiger partial charge in [0.05, 0.1) is 23.4 Å². The summed E-state index contributed by atoms with van der Waals surface area (Å²) in [6, 6.07) is 21.8. The van der Waals surface area contributed by atoms with E-state index in [9.17, 15) is 8.42 Å². The van der Waals surface area contributed by atoms with Crippen molar-refractivity contribution in [3.8, 4) is 5.75 Å². The average molecular weight is 392 g/mol. The fourth-order valence-corrected chi connectivity index (χ4v) is 4.73. The van der Waals surface area contributed by atoms with E-state index < -0.39 is 10.0 Å². The highest BCUT2D eigenvalue weighted by molar-refractivity contribution is 7.92. The smallest absolute Gasteiger partial charge is 0.264 e. The van der Waals surface area contributed by atoms with Crippen LogP contribution in [0.15, 0.2) is 82.7 Å². The molecule has 3 aromatic carbocycles. The van der Waals surface area contributed by atoms with Gasteiger partial charge in [0.2, 0.25) is 0 Å². The molecule has 0 amide bonds. The lowest BCUT2D eigenvalue weighted by atomic mass is 10.2. The van der Waals surface area contributed by atoms with Gasteiger partial charge in [-0.3, -0.25) is 9.30 Å². The van der Waals surface area contributed by atoms with Gasteiger partial charge in [0, 0.05) is 12.8 Å². The molecule has 0 aromatic heterocycles. The monoisotopic (exact) mass is 392 g/mol. The van der Waals surface area contributed by atoms with Crippen molar-refractivity contribution >= 4 is 27.6 Å². The Labute approximate surface area is 165 Å². The van der Waals surface area contributed by atoms with E-state index in [1.54, 1.807) is 37.6 Å². The molecule has 0 saturated heterocycles. The van der Waals surface area contributed by atoms with Gasteiger partial charge in [-0.25, -0.2) is 8.42 Å². The van der Waals surface area contributed by atoms with Crippen LogP contribution in [0.4, 0.5) is 11.4 Å². The SMILES string of the molecule is COc1ccc(C=Nc2ccc(S(=O)(=O)N3CCc4ccccc43)cc2)cc1. The Bertz CT molecular complexity index is 1110. The first-order valence-corrected chi connectivity index (χ1v) is 10.4. The summed E-state index contributed by atoms with van der Waals surface area (Å²) >= 11 is 0. The van der Waals surface area contributed by atoms with Gasteiger partial charge in [-0.2, -0.15) is 0 Å². The van der Waals surface area contributed by atoms with Crippen molar-refractivity contribution in [2.75, 3.05) is 18.0 Å². The first-order valence-electron chi connectivity index (χ1n) is 8.97. The maximum Gasteiger partial charge on any atom is 0.264 e. The molecular formula is C22H20N2O3S. The number of methoxy groups -OCH3 is 1. The van der Waals surface area contributed by atoms with Crippen LogP contribution in [-0.2, 0) is 16.4 Å². The predicted octanol–water partition coefficient (Wildman–Crippen LogP) is 4.20. The van der Waals surface area contributed by atoms with Crippen molar-refractivity contribution in [1.82, 2.24) is 0 Å². The highest BCUT2D eigenvalue weighted by atomic mass is 32.2. The van der Waals surface area contributed by atoms with Crippen molar-refractivity contribution in [2.45, 2.75) is 11.3 Å². The van der Waals surface area contributed by atoms with Gasteiger partial charge in [0.15, 0.2) is 0 Å². The van der Waals surface area contributed by atoms with Crippen LogP contribution >= 0.6 is 0 Å². The number of nitrogens with zero attached hydrogens (tertiary/aromatic N) is 2. The summed E-state index contributed by atoms with van der Waals surface area (Å²) in [5.41, 5.74) is 3.46. The molecule has 142 valence electrons. The molecule has 0 N–H and O–H groups in total. The molecule has 0 bridgehead atoms. The third kappa shape index (κ3) is 3.51. The number of ether oxygens (including phenoxy) is 1. The summed E-state index contributed by atoms with van der Waals surface area (Å²) in [4.78, 5) is 4.69. The van der Waals surface area contributed by atoms with Gasteiger partial charge >= 0.3 is 0 Å². The molecule has 4 rings (SSSR count). The largest absolute Gasteiger partial charge is 0.497 e. The zero-order chi connectivity index (χ0) is 19.6. The minimum atomic E-state index is -3.58. The summed E-state index contributed by atoms with van der Waals surface area (Å²) in [5, 5.41) is 0. The molecule has 1 aliphatic rings. The quantitative estimate of drug-likeness (QED) is 0.612. The van der Waals surface area contributed by atoms with Crippen LogP contribution in [0.5, 0.6) is 5.75 Å². The molecule has 6 heteroatoms. The van der Waals surface area contributed by atoms with Gasteiger partial charge < -0.3 is 4.74 Å². The number of benzene rings is 3. The fourth-order valence-electron chi connectivity index (χ4n) is 3.23. The van der Waals surface area contributed by atoms with E-state index in [1.807, 2.05) is 48.5 Å². The van der Waals surface area contributed by atoms with E-state index in [4.69, 9.17) is 4.74 Å². The van der Waals surface area contributed by atoms with Crippen LogP contribution in [-0.4, -0.2) is 28.3 Å². The topological polar surface area (TPSA) is 59.0 Å². The van der Waals surface area contributed by atoms with E-state index in [0.29, 0.717) is 12.2 Å². The Kier molecular flexibility index (Phi) is 4.88. The molecule has 0 saturated carbocycles. The second kappa shape index (κ2) is 7.48. The third-order valence-corrected chi connectivity index (χ3v) is 6.58. The molecule has 1 heterocycles. The van der Waals surface area contributed by atoms with Crippen molar-refractivity contribution in [3.63, 3.8) is 0 Å². The average Bonchev–Trinajstić information content (AvgIpc) is 3.18. The summed E-state index contributed by atoms with van der Waals surface area (Å²) in [6.07, 6.45) is 2.47. The van der Waals surface area contributed by atoms with E-state index in [2.05, 4.69) is 4.99 Å². The number of hydrogen-bond donors (Lipinski definition) is 0. The lowest BCUT2D eigenvalue weighted by Gasteiger charge is -2.19. The molecule has 0 spiro atoms. The van der Waals surface area contributed by atoms with Gasteiger partial charge in [-0.1, -0.05) is 18.2 Å². The van der Waals surface area contributed by atoms with E-state index in [-0.39, 0.29) is 4.90 Å². The van der Waals surface area contributed by atoms with Gasteiger partial charge in [-0.15, -0.1) is 0 Å². The number of anilines is 1. The second-order valence-corrected chi connectivity index (χ2v) is 8.34. The summed E-state index contributed by atoms with van der Waals surface area (Å²) in [5.74, 6) is 0.787. The van der Waals surface area contributed by atoms with E-state index in [1.165, 1.54) is 4.31 Å². The molecule has 5 nitrogen and oxygen atoms in total. The molecule has 0 atom stereocenters. The molecule has 0 unspecified atom stereocenters. The Balaban J connectivity index is 1.53. The van der Waals surface area contributed by atoms with Crippen molar-refractivity contribution in [2.24, 2.45) is 4.99 Å². The maximum absolute atomic E-state index is 13.0. The fraction of sp³-hybridized carbons (Fsp3) is 0.136. The van der Waals surface area contributed by atoms with Crippen LogP contribution in [0.2, 0.25) is 0 Å². The lowest BCUT2D eigenvalue weighted by molar-refractivity contribution is 0.415. The van der Waals surface area contributed by atoms with Crippen LogP contribution in [0.1, 0.15) is 11.1 Å². The predicted molar refractivity (Wildman–Crippen MR) is 111 cm³/mol. The minimum absolute atomic E-state index is 0.271. The van der Waals surface area contributed by atoms with Crippen LogP contribution < -0.4 is 9.04 Å². The van der Waals surface area contributed by atoms with Crippen molar-refractivity contribution in [3.05, 3.63) is 83.9 Å². The Morgan fingerprint density at radius 1 is 0.964 bits per heavy atom. The first-order chi connectivity index (χ1) is 13.6. The zero-order valence-corrected chi connectivity index (χ0v) is 16.3. The zero-order valence-electron chi connectivity index (χ0n) is 15.4. The first kappa shape index (κ1) is 18.3. The summed E-state index contributed by atoms with van der Waals surface area (Å²) < 4.78 is 32.7. The number of fused-ring (bicyclic) bond motifs is 1. The normalized spacial score (nSPS) is 13.7. The molecule has 0 fully saturated rings. The van der Waals surface area contributed by atoms with E-state index in [0.717, 1.165) is 29.0 Å². The molecule has 0 aliphatic carbocycles. The summed E-state index contributed by atoms with van der Waals surface area (Å²) in [6.45, 7) is 0.471. The number of para-hydroxylation sites is 1. The van der Waals surface area contributed by atoms with Gasteiger partial charge in [0.1, 0.15) is 5.75 Å². The van der Waals surface area contributed by atoms with E-state index >= 15 is 0 Å². The van der Waals surface area contributed by atoms with Gasteiger partial charge in [0.25, 0.3) is 10.0 Å². The maximum atomic E-state index is 13.0. The standard InChI is InChI=1S/C22H20N2O3S/c1-27-20-10-6-17(7-11-20)16-23-19-8-12-21(13-9-19)28(25,26)24-15-14-18-4-2-3-5-22(18)24/h2-13,16H,14-15H2,1H3.